The molecule has 0 spiro atoms. The first-order valence-electron chi connectivity index (χ1n) is 8.12. The van der Waals surface area contributed by atoms with Crippen molar-refractivity contribution in [1.29, 1.82) is 0 Å². The molecule has 1 aliphatic heterocycles. The lowest BCUT2D eigenvalue weighted by atomic mass is 10.1. The highest BCUT2D eigenvalue weighted by Gasteiger charge is 2.41. The minimum absolute atomic E-state index is 0.223. The van der Waals surface area contributed by atoms with E-state index in [0.29, 0.717) is 17.5 Å². The molecule has 1 aromatic heterocycles. The molecule has 6 nitrogen and oxygen atoms in total. The van der Waals surface area contributed by atoms with Crippen LogP contribution in [-0.4, -0.2) is 40.3 Å². The molecule has 3 rings (SSSR count). The Morgan fingerprint density at radius 3 is 2.40 bits per heavy atom. The molecule has 0 N–H and O–H groups in total. The smallest absolute Gasteiger partial charge is 0.329 e. The first-order valence-corrected chi connectivity index (χ1v) is 8.12. The van der Waals surface area contributed by atoms with E-state index in [2.05, 4.69) is 4.98 Å². The molecule has 1 aromatic carbocycles. The summed E-state index contributed by atoms with van der Waals surface area (Å²) in [6, 6.07) is 9.40. The average Bonchev–Trinajstić information content (AvgIpc) is 2.90. The number of aryl methyl sites for hydroxylation is 1. The number of pyridine rings is 1. The largest absolute Gasteiger partial charge is 0.464 e. The summed E-state index contributed by atoms with van der Waals surface area (Å²) in [5.41, 5.74) is 1.71. The Bertz CT molecular complexity index is 769. The molecule has 2 heterocycles. The number of esters is 1. The van der Waals surface area contributed by atoms with Gasteiger partial charge in [-0.1, -0.05) is 18.2 Å². The van der Waals surface area contributed by atoms with Crippen molar-refractivity contribution in [3.63, 3.8) is 0 Å². The van der Waals surface area contributed by atoms with Crippen LogP contribution in [0, 0.1) is 0 Å². The average molecular weight is 338 g/mol. The molecule has 0 fully saturated rings. The van der Waals surface area contributed by atoms with E-state index >= 15 is 0 Å². The molecule has 0 radical (unpaired) electrons. The zero-order valence-electron chi connectivity index (χ0n) is 13.8. The number of carbonyl (C=O) groups is 3. The first kappa shape index (κ1) is 16.8. The Labute approximate surface area is 145 Å². The third-order valence-electron chi connectivity index (χ3n) is 4.13. The lowest BCUT2D eigenvalue weighted by Gasteiger charge is -2.20. The molecule has 1 aliphatic rings. The van der Waals surface area contributed by atoms with Crippen molar-refractivity contribution in [3.8, 4) is 0 Å². The molecule has 2 amide bonds. The summed E-state index contributed by atoms with van der Waals surface area (Å²) in [5, 5.41) is 0. The molecule has 1 unspecified atom stereocenters. The second-order valence-corrected chi connectivity index (χ2v) is 5.83. The Hall–Kier alpha value is -3.02. The molecular weight excluding hydrogens is 320 g/mol. The maximum absolute atomic E-state index is 12.4. The van der Waals surface area contributed by atoms with Crippen LogP contribution >= 0.6 is 0 Å². The number of hydrogen-bond acceptors (Lipinski definition) is 5. The molecule has 25 heavy (non-hydrogen) atoms. The Kier molecular flexibility index (Phi) is 4.88. The molecule has 2 aromatic rings. The third-order valence-corrected chi connectivity index (χ3v) is 4.13. The van der Waals surface area contributed by atoms with Gasteiger partial charge in [-0.15, -0.1) is 0 Å². The van der Waals surface area contributed by atoms with E-state index in [-0.39, 0.29) is 6.61 Å². The number of fused-ring (bicyclic) bond motifs is 1. The van der Waals surface area contributed by atoms with Gasteiger partial charge in [0.15, 0.2) is 0 Å². The highest BCUT2D eigenvalue weighted by atomic mass is 16.5. The van der Waals surface area contributed by atoms with Gasteiger partial charge in [-0.05, 0) is 43.5 Å². The van der Waals surface area contributed by atoms with Crippen molar-refractivity contribution in [1.82, 2.24) is 9.88 Å². The molecule has 0 aliphatic carbocycles. The van der Waals surface area contributed by atoms with Crippen molar-refractivity contribution in [2.75, 3.05) is 6.61 Å². The van der Waals surface area contributed by atoms with Crippen LogP contribution in [0.5, 0.6) is 0 Å². The number of benzene rings is 1. The van der Waals surface area contributed by atoms with Crippen LogP contribution in [0.15, 0.2) is 48.8 Å². The van der Waals surface area contributed by atoms with Crippen LogP contribution in [0.3, 0.4) is 0 Å². The lowest BCUT2D eigenvalue weighted by Crippen LogP contribution is -2.43. The van der Waals surface area contributed by atoms with Crippen molar-refractivity contribution in [3.05, 3.63) is 65.5 Å². The number of nitrogens with zero attached hydrogens (tertiary/aromatic N) is 2. The molecular formula is C19H18N2O4. The SMILES string of the molecule is CC(C(=O)OCCCc1cccnc1)N1C(=O)c2ccccc2C1=O. The van der Waals surface area contributed by atoms with Crippen LogP contribution in [0.1, 0.15) is 39.6 Å². The number of aromatic nitrogens is 1. The Morgan fingerprint density at radius 2 is 1.80 bits per heavy atom. The van der Waals surface area contributed by atoms with Gasteiger partial charge in [0.25, 0.3) is 11.8 Å². The summed E-state index contributed by atoms with van der Waals surface area (Å²) in [5.74, 6) is -1.50. The van der Waals surface area contributed by atoms with Crippen molar-refractivity contribution >= 4 is 17.8 Å². The summed E-state index contributed by atoms with van der Waals surface area (Å²) in [7, 11) is 0. The van der Waals surface area contributed by atoms with Crippen molar-refractivity contribution in [2.45, 2.75) is 25.8 Å². The summed E-state index contributed by atoms with van der Waals surface area (Å²) < 4.78 is 5.23. The van der Waals surface area contributed by atoms with E-state index in [0.717, 1.165) is 16.9 Å². The third kappa shape index (κ3) is 3.42. The fourth-order valence-corrected chi connectivity index (χ4v) is 2.78. The zero-order valence-corrected chi connectivity index (χ0v) is 13.8. The van der Waals surface area contributed by atoms with Crippen molar-refractivity contribution < 1.29 is 19.1 Å². The van der Waals surface area contributed by atoms with Gasteiger partial charge in [-0.25, -0.2) is 4.79 Å². The van der Waals surface area contributed by atoms with E-state index in [1.807, 2.05) is 12.1 Å². The number of ether oxygens (including phenoxy) is 1. The number of carbonyl (C=O) groups excluding carboxylic acids is 3. The molecule has 128 valence electrons. The molecule has 0 saturated carbocycles. The number of hydrogen-bond donors (Lipinski definition) is 0. The maximum Gasteiger partial charge on any atom is 0.329 e. The van der Waals surface area contributed by atoms with E-state index in [9.17, 15) is 14.4 Å². The Balaban J connectivity index is 1.54. The highest BCUT2D eigenvalue weighted by Crippen LogP contribution is 2.24. The highest BCUT2D eigenvalue weighted by molar-refractivity contribution is 6.22. The second-order valence-electron chi connectivity index (χ2n) is 5.83. The number of amides is 2. The molecule has 0 bridgehead atoms. The molecule has 0 saturated heterocycles. The maximum atomic E-state index is 12.4. The Morgan fingerprint density at radius 1 is 1.12 bits per heavy atom. The quantitative estimate of drug-likeness (QED) is 0.459. The summed E-state index contributed by atoms with van der Waals surface area (Å²) >= 11 is 0. The predicted octanol–water partition coefficient (Wildman–Crippen LogP) is 2.24. The van der Waals surface area contributed by atoms with Gasteiger partial charge in [0.1, 0.15) is 6.04 Å². The van der Waals surface area contributed by atoms with Gasteiger partial charge in [0.05, 0.1) is 17.7 Å². The normalized spacial score (nSPS) is 14.4. The van der Waals surface area contributed by atoms with Crippen LogP contribution in [0.4, 0.5) is 0 Å². The van der Waals surface area contributed by atoms with Gasteiger partial charge < -0.3 is 4.74 Å². The number of rotatable bonds is 6. The van der Waals surface area contributed by atoms with Gasteiger partial charge in [0, 0.05) is 12.4 Å². The van der Waals surface area contributed by atoms with Crippen LogP contribution < -0.4 is 0 Å². The topological polar surface area (TPSA) is 76.6 Å². The van der Waals surface area contributed by atoms with Gasteiger partial charge >= 0.3 is 5.97 Å². The van der Waals surface area contributed by atoms with E-state index in [4.69, 9.17) is 4.74 Å². The number of imide groups is 1. The first-order chi connectivity index (χ1) is 12.1. The summed E-state index contributed by atoms with van der Waals surface area (Å²) in [6.07, 6.45) is 4.85. The molecule has 1 atom stereocenters. The van der Waals surface area contributed by atoms with Gasteiger partial charge in [0.2, 0.25) is 0 Å². The fraction of sp³-hybridized carbons (Fsp3) is 0.263. The van der Waals surface area contributed by atoms with E-state index in [1.54, 1.807) is 36.7 Å². The minimum Gasteiger partial charge on any atom is -0.464 e. The van der Waals surface area contributed by atoms with Gasteiger partial charge in [-0.2, -0.15) is 0 Å². The molecule has 6 heteroatoms. The predicted molar refractivity (Wildman–Crippen MR) is 89.9 cm³/mol. The summed E-state index contributed by atoms with van der Waals surface area (Å²) in [4.78, 5) is 41.9. The monoisotopic (exact) mass is 338 g/mol. The fourth-order valence-electron chi connectivity index (χ4n) is 2.78. The van der Waals surface area contributed by atoms with Gasteiger partial charge in [-0.3, -0.25) is 19.5 Å². The standard InChI is InChI=1S/C19H18N2O4/c1-13(19(24)25-11-5-7-14-6-4-10-20-12-14)21-17(22)15-8-2-3-9-16(15)18(21)23/h2-4,6,8-10,12-13H,5,7,11H2,1H3. The van der Waals surface area contributed by atoms with E-state index in [1.165, 1.54) is 6.92 Å². The minimum atomic E-state index is -0.953. The second kappa shape index (κ2) is 7.25. The summed E-state index contributed by atoms with van der Waals surface area (Å²) in [6.45, 7) is 1.73. The lowest BCUT2D eigenvalue weighted by molar-refractivity contribution is -0.147. The zero-order chi connectivity index (χ0) is 17.8. The van der Waals surface area contributed by atoms with Crippen LogP contribution in [0.25, 0.3) is 0 Å². The van der Waals surface area contributed by atoms with Crippen LogP contribution in [0.2, 0.25) is 0 Å². The van der Waals surface area contributed by atoms with Crippen molar-refractivity contribution in [2.24, 2.45) is 0 Å². The van der Waals surface area contributed by atoms with E-state index < -0.39 is 23.8 Å². The van der Waals surface area contributed by atoms with Crippen LogP contribution in [-0.2, 0) is 16.0 Å².